The lowest BCUT2D eigenvalue weighted by Gasteiger charge is -2.29. The molecule has 1 spiro atoms. The first-order valence-corrected chi connectivity index (χ1v) is 10.3. The first-order valence-electron chi connectivity index (χ1n) is 10.3. The maximum Gasteiger partial charge on any atom is 0.318 e. The Balaban J connectivity index is 1.38. The van der Waals surface area contributed by atoms with Crippen molar-refractivity contribution in [2.75, 3.05) is 32.7 Å². The topological polar surface area (TPSA) is 74.2 Å². The van der Waals surface area contributed by atoms with E-state index in [0.29, 0.717) is 24.5 Å². The molecule has 3 aliphatic rings. The zero-order valence-electron chi connectivity index (χ0n) is 16.3. The number of hydrogen-bond donors (Lipinski definition) is 3. The van der Waals surface area contributed by atoms with Crippen molar-refractivity contribution in [1.82, 2.24) is 30.4 Å². The molecule has 0 radical (unpaired) electrons. The molecule has 27 heavy (non-hydrogen) atoms. The number of piperidine rings is 1. The molecule has 2 aliphatic heterocycles. The summed E-state index contributed by atoms with van der Waals surface area (Å²) in [4.78, 5) is 19.6. The number of aryl methyl sites for hydroxylation is 1. The van der Waals surface area contributed by atoms with Crippen LogP contribution in [0.3, 0.4) is 0 Å². The van der Waals surface area contributed by atoms with Gasteiger partial charge in [0.1, 0.15) is 5.82 Å². The van der Waals surface area contributed by atoms with Crippen molar-refractivity contribution in [3.05, 3.63) is 29.9 Å². The number of carbonyl (C=O) groups is 1. The summed E-state index contributed by atoms with van der Waals surface area (Å²) >= 11 is 0. The molecular weight excluding hydrogens is 340 g/mol. The molecule has 1 aromatic heterocycles. The fraction of sp³-hybridized carbons (Fsp3) is 0.700. The van der Waals surface area contributed by atoms with E-state index in [-0.39, 0.29) is 6.03 Å². The van der Waals surface area contributed by atoms with Gasteiger partial charge in [0.25, 0.3) is 0 Å². The quantitative estimate of drug-likeness (QED) is 0.660. The number of urea groups is 1. The lowest BCUT2D eigenvalue weighted by Crippen LogP contribution is -2.45. The van der Waals surface area contributed by atoms with Gasteiger partial charge in [-0.25, -0.2) is 9.78 Å². The van der Waals surface area contributed by atoms with Crippen LogP contribution in [0.25, 0.3) is 0 Å². The summed E-state index contributed by atoms with van der Waals surface area (Å²) in [6.45, 7) is 5.43. The second kappa shape index (κ2) is 8.02. The van der Waals surface area contributed by atoms with Gasteiger partial charge in [-0.2, -0.15) is 0 Å². The van der Waals surface area contributed by atoms with Crippen molar-refractivity contribution in [2.45, 2.75) is 44.7 Å². The van der Waals surface area contributed by atoms with Gasteiger partial charge >= 0.3 is 6.03 Å². The summed E-state index contributed by atoms with van der Waals surface area (Å²) in [6, 6.07) is 0.405. The number of amides is 2. The smallest absolute Gasteiger partial charge is 0.318 e. The summed E-state index contributed by atoms with van der Waals surface area (Å²) < 4.78 is 2.01. The number of carbonyl (C=O) groups excluding carboxylic acids is 1. The van der Waals surface area contributed by atoms with Crippen LogP contribution in [0, 0.1) is 5.41 Å². The Hall–Kier alpha value is -1.86. The van der Waals surface area contributed by atoms with Crippen LogP contribution in [0.1, 0.15) is 37.9 Å². The van der Waals surface area contributed by atoms with Crippen LogP contribution in [-0.4, -0.2) is 59.2 Å². The highest BCUT2D eigenvalue weighted by Crippen LogP contribution is 2.56. The normalized spacial score (nSPS) is 23.7. The van der Waals surface area contributed by atoms with Crippen molar-refractivity contribution >= 4 is 6.03 Å². The van der Waals surface area contributed by atoms with E-state index in [9.17, 15) is 4.79 Å². The molecule has 1 saturated carbocycles. The Morgan fingerprint density at radius 2 is 2.22 bits per heavy atom. The summed E-state index contributed by atoms with van der Waals surface area (Å²) in [5, 5.41) is 9.96. The molecule has 1 aromatic rings. The number of rotatable bonds is 6. The molecule has 148 valence electrons. The van der Waals surface area contributed by atoms with Crippen LogP contribution < -0.4 is 16.0 Å². The second-order valence-corrected chi connectivity index (χ2v) is 8.21. The molecule has 7 nitrogen and oxygen atoms in total. The van der Waals surface area contributed by atoms with Crippen LogP contribution in [0.2, 0.25) is 0 Å². The van der Waals surface area contributed by atoms with Gasteiger partial charge in [-0.1, -0.05) is 11.6 Å². The molecule has 0 aromatic carbocycles. The maximum atomic E-state index is 13.1. The van der Waals surface area contributed by atoms with Gasteiger partial charge in [0.15, 0.2) is 0 Å². The molecule has 1 unspecified atom stereocenters. The van der Waals surface area contributed by atoms with E-state index in [2.05, 4.69) is 27.0 Å². The number of aromatic nitrogens is 2. The average Bonchev–Trinajstić information content (AvgIpc) is 3.20. The lowest BCUT2D eigenvalue weighted by molar-refractivity contribution is 0.172. The Morgan fingerprint density at radius 1 is 1.37 bits per heavy atom. The fourth-order valence-corrected chi connectivity index (χ4v) is 4.58. The van der Waals surface area contributed by atoms with E-state index in [0.717, 1.165) is 51.3 Å². The van der Waals surface area contributed by atoms with Gasteiger partial charge in [0.05, 0.1) is 6.54 Å². The molecule has 1 aliphatic carbocycles. The van der Waals surface area contributed by atoms with Gasteiger partial charge in [-0.3, -0.25) is 0 Å². The molecule has 3 N–H and O–H groups in total. The molecule has 1 atom stereocenters. The number of hydrogen-bond acceptors (Lipinski definition) is 4. The van der Waals surface area contributed by atoms with E-state index in [1.165, 1.54) is 18.4 Å². The highest BCUT2D eigenvalue weighted by Gasteiger charge is 2.57. The Bertz CT molecular complexity index is 690. The van der Waals surface area contributed by atoms with Gasteiger partial charge in [-0.15, -0.1) is 0 Å². The van der Waals surface area contributed by atoms with Gasteiger partial charge in [0, 0.05) is 38.6 Å². The summed E-state index contributed by atoms with van der Waals surface area (Å²) in [5.74, 6) is 0.946. The predicted octanol–water partition coefficient (Wildman–Crippen LogP) is 1.38. The second-order valence-electron chi connectivity index (χ2n) is 8.21. The third-order valence-electron chi connectivity index (χ3n) is 6.50. The van der Waals surface area contributed by atoms with Crippen molar-refractivity contribution < 1.29 is 4.79 Å². The first kappa shape index (κ1) is 18.5. The zero-order chi connectivity index (χ0) is 18.7. The highest BCUT2D eigenvalue weighted by atomic mass is 16.2. The third kappa shape index (κ3) is 4.19. The first-order chi connectivity index (χ1) is 13.2. The average molecular weight is 373 g/mol. The molecular formula is C20H32N6O. The highest BCUT2D eigenvalue weighted by molar-refractivity contribution is 5.75. The molecule has 2 amide bonds. The molecule has 3 heterocycles. The Labute approximate surface area is 161 Å². The molecule has 1 saturated heterocycles. The van der Waals surface area contributed by atoms with Crippen LogP contribution >= 0.6 is 0 Å². The minimum Gasteiger partial charge on any atom is -0.338 e. The minimum absolute atomic E-state index is 0.0629. The molecule has 0 bridgehead atoms. The summed E-state index contributed by atoms with van der Waals surface area (Å²) in [6.07, 6.45) is 11.5. The molecule has 7 heteroatoms. The van der Waals surface area contributed by atoms with E-state index in [1.54, 1.807) is 0 Å². The maximum absolute atomic E-state index is 13.1. The predicted molar refractivity (Wildman–Crippen MR) is 105 cm³/mol. The minimum atomic E-state index is 0.0629. The SMILES string of the molecule is Cn1ccnc1CN(C(=O)NCCC1=CCNCC1)C1CC12CCNCC2. The van der Waals surface area contributed by atoms with Gasteiger partial charge in [-0.05, 0) is 57.2 Å². The van der Waals surface area contributed by atoms with Crippen molar-refractivity contribution in [3.63, 3.8) is 0 Å². The van der Waals surface area contributed by atoms with Crippen LogP contribution in [0.15, 0.2) is 24.0 Å². The molecule has 4 rings (SSSR count). The summed E-state index contributed by atoms with van der Waals surface area (Å²) in [7, 11) is 2.00. The number of nitrogens with zero attached hydrogens (tertiary/aromatic N) is 3. The third-order valence-corrected chi connectivity index (χ3v) is 6.50. The lowest BCUT2D eigenvalue weighted by atomic mass is 9.93. The summed E-state index contributed by atoms with van der Waals surface area (Å²) in [5.41, 5.74) is 1.77. The van der Waals surface area contributed by atoms with Gasteiger partial charge < -0.3 is 25.4 Å². The molecule has 2 fully saturated rings. The van der Waals surface area contributed by atoms with Crippen molar-refractivity contribution in [3.8, 4) is 0 Å². The monoisotopic (exact) mass is 372 g/mol. The van der Waals surface area contributed by atoms with Crippen LogP contribution in [-0.2, 0) is 13.6 Å². The Kier molecular flexibility index (Phi) is 5.50. The number of imidazole rings is 1. The van der Waals surface area contributed by atoms with E-state index >= 15 is 0 Å². The van der Waals surface area contributed by atoms with Crippen molar-refractivity contribution in [1.29, 1.82) is 0 Å². The van der Waals surface area contributed by atoms with E-state index in [4.69, 9.17) is 0 Å². The van der Waals surface area contributed by atoms with E-state index in [1.807, 2.05) is 28.9 Å². The Morgan fingerprint density at radius 3 is 2.93 bits per heavy atom. The van der Waals surface area contributed by atoms with Crippen LogP contribution in [0.4, 0.5) is 4.79 Å². The van der Waals surface area contributed by atoms with Crippen LogP contribution in [0.5, 0.6) is 0 Å². The van der Waals surface area contributed by atoms with Gasteiger partial charge in [0.2, 0.25) is 0 Å². The largest absolute Gasteiger partial charge is 0.338 e. The van der Waals surface area contributed by atoms with Crippen molar-refractivity contribution in [2.24, 2.45) is 12.5 Å². The fourth-order valence-electron chi connectivity index (χ4n) is 4.58. The zero-order valence-corrected chi connectivity index (χ0v) is 16.3. The number of nitrogens with one attached hydrogen (secondary N) is 3. The van der Waals surface area contributed by atoms with E-state index < -0.39 is 0 Å². The standard InChI is InChI=1S/C20H32N6O/c1-25-13-12-23-18(25)15-26(17-14-20(17)5-10-22-11-6-20)19(27)24-9-4-16-2-7-21-8-3-16/h2,12-13,17,21-22H,3-11,14-15H2,1H3,(H,24,27).